The maximum Gasteiger partial charge on any atom is 0.237 e. The van der Waals surface area contributed by atoms with Crippen LogP contribution in [0, 0.1) is 0 Å². The Morgan fingerprint density at radius 2 is 1.67 bits per heavy atom. The van der Waals surface area contributed by atoms with Crippen LogP contribution in [0.5, 0.6) is 5.75 Å². The van der Waals surface area contributed by atoms with Crippen LogP contribution in [0.4, 0.5) is 0 Å². The molecule has 0 unspecified atom stereocenters. The average molecular weight is 460 g/mol. The van der Waals surface area contributed by atoms with Crippen LogP contribution >= 0.6 is 11.8 Å². The smallest absolute Gasteiger partial charge is 0.237 e. The van der Waals surface area contributed by atoms with E-state index in [0.29, 0.717) is 11.0 Å². The number of nitrogens with zero attached hydrogens (tertiary/aromatic N) is 4. The van der Waals surface area contributed by atoms with E-state index < -0.39 is 5.91 Å². The molecule has 0 radical (unpaired) electrons. The quantitative estimate of drug-likeness (QED) is 0.404. The number of hydrogen-bond acceptors (Lipinski definition) is 7. The average Bonchev–Trinajstić information content (AvgIpc) is 3.28. The van der Waals surface area contributed by atoms with Gasteiger partial charge in [0, 0.05) is 23.6 Å². The number of carbonyl (C=O) groups excluding carboxylic acids is 2. The Labute approximate surface area is 195 Å². The van der Waals surface area contributed by atoms with Gasteiger partial charge in [0.05, 0.1) is 19.3 Å². The van der Waals surface area contributed by atoms with Gasteiger partial charge in [-0.3, -0.25) is 24.5 Å². The van der Waals surface area contributed by atoms with Gasteiger partial charge in [0.2, 0.25) is 11.8 Å². The van der Waals surface area contributed by atoms with Crippen molar-refractivity contribution in [2.45, 2.75) is 11.6 Å². The highest BCUT2D eigenvalue weighted by Crippen LogP contribution is 2.28. The van der Waals surface area contributed by atoms with Gasteiger partial charge in [0.15, 0.2) is 11.0 Å². The third-order valence-corrected chi connectivity index (χ3v) is 5.65. The molecule has 1 N–H and O–H groups in total. The predicted molar refractivity (Wildman–Crippen MR) is 125 cm³/mol. The molecule has 0 aliphatic carbocycles. The first kappa shape index (κ1) is 22.2. The lowest BCUT2D eigenvalue weighted by atomic mass is 10.1. The number of rotatable bonds is 8. The van der Waals surface area contributed by atoms with Crippen molar-refractivity contribution in [1.29, 1.82) is 0 Å². The second-order valence-electron chi connectivity index (χ2n) is 7.00. The molecule has 0 aliphatic rings. The minimum Gasteiger partial charge on any atom is -0.497 e. The van der Waals surface area contributed by atoms with Crippen molar-refractivity contribution in [1.82, 2.24) is 25.1 Å². The molecular formula is C24H21N5O3S. The fourth-order valence-electron chi connectivity index (χ4n) is 3.16. The van der Waals surface area contributed by atoms with E-state index in [-0.39, 0.29) is 18.1 Å². The molecule has 2 amide bonds. The molecular weight excluding hydrogens is 438 g/mol. The molecule has 166 valence electrons. The number of aromatic nitrogens is 4. The monoisotopic (exact) mass is 459 g/mol. The summed E-state index contributed by atoms with van der Waals surface area (Å²) in [6.07, 6.45) is 3.51. The summed E-state index contributed by atoms with van der Waals surface area (Å²) in [5, 5.41) is 11.6. The third-order valence-electron chi connectivity index (χ3n) is 4.72. The Bertz CT molecular complexity index is 1230. The van der Waals surface area contributed by atoms with Gasteiger partial charge in [-0.05, 0) is 42.0 Å². The molecule has 0 fully saturated rings. The van der Waals surface area contributed by atoms with E-state index in [4.69, 9.17) is 4.74 Å². The minimum atomic E-state index is -0.393. The van der Waals surface area contributed by atoms with E-state index in [1.54, 1.807) is 19.5 Å². The molecule has 0 bridgehead atoms. The van der Waals surface area contributed by atoms with E-state index in [0.717, 1.165) is 22.6 Å². The van der Waals surface area contributed by atoms with E-state index >= 15 is 0 Å². The zero-order chi connectivity index (χ0) is 23.0. The number of benzene rings is 2. The van der Waals surface area contributed by atoms with Gasteiger partial charge in [-0.15, -0.1) is 10.2 Å². The molecule has 0 aliphatic heterocycles. The summed E-state index contributed by atoms with van der Waals surface area (Å²) in [5.41, 5.74) is 2.50. The molecule has 2 aromatic carbocycles. The van der Waals surface area contributed by atoms with Gasteiger partial charge in [0.25, 0.3) is 0 Å². The Balaban J connectivity index is 1.50. The van der Waals surface area contributed by atoms with Crippen LogP contribution in [-0.4, -0.2) is 44.4 Å². The summed E-state index contributed by atoms with van der Waals surface area (Å²) in [7, 11) is 1.61. The standard InChI is InChI=1S/C24H21N5O3S/c1-32-20-9-7-19(8-10-20)29-23(18-11-13-25-14-12-18)27-28-24(29)33-16-22(31)26-21(30)15-17-5-3-2-4-6-17/h2-14H,15-16H2,1H3,(H,26,30,31). The second-order valence-corrected chi connectivity index (χ2v) is 7.94. The lowest BCUT2D eigenvalue weighted by Gasteiger charge is -2.11. The number of amides is 2. The van der Waals surface area contributed by atoms with Crippen LogP contribution in [0.15, 0.2) is 84.3 Å². The summed E-state index contributed by atoms with van der Waals surface area (Å²) in [5.74, 6) is 0.621. The SMILES string of the molecule is COc1ccc(-n2c(SCC(=O)NC(=O)Cc3ccccc3)nnc2-c2ccncc2)cc1. The maximum atomic E-state index is 12.4. The molecule has 2 heterocycles. The highest BCUT2D eigenvalue weighted by Gasteiger charge is 2.18. The number of thioether (sulfide) groups is 1. The number of nitrogens with one attached hydrogen (secondary N) is 1. The summed E-state index contributed by atoms with van der Waals surface area (Å²) < 4.78 is 7.11. The Kier molecular flexibility index (Phi) is 7.11. The molecule has 33 heavy (non-hydrogen) atoms. The maximum absolute atomic E-state index is 12.4. The molecule has 4 aromatic rings. The van der Waals surface area contributed by atoms with Crippen LogP contribution in [-0.2, 0) is 16.0 Å². The minimum absolute atomic E-state index is 0.0190. The van der Waals surface area contributed by atoms with E-state index in [1.165, 1.54) is 11.8 Å². The number of ether oxygens (including phenoxy) is 1. The Morgan fingerprint density at radius 3 is 2.36 bits per heavy atom. The van der Waals surface area contributed by atoms with Crippen molar-refractivity contribution < 1.29 is 14.3 Å². The predicted octanol–water partition coefficient (Wildman–Crippen LogP) is 3.32. The van der Waals surface area contributed by atoms with Crippen molar-refractivity contribution in [3.8, 4) is 22.8 Å². The molecule has 4 rings (SSSR count). The van der Waals surface area contributed by atoms with Crippen LogP contribution in [0.3, 0.4) is 0 Å². The van der Waals surface area contributed by atoms with Crippen molar-refractivity contribution in [3.63, 3.8) is 0 Å². The fourth-order valence-corrected chi connectivity index (χ4v) is 3.91. The van der Waals surface area contributed by atoms with Gasteiger partial charge in [0.1, 0.15) is 5.75 Å². The Morgan fingerprint density at radius 1 is 0.939 bits per heavy atom. The molecule has 9 heteroatoms. The highest BCUT2D eigenvalue weighted by atomic mass is 32.2. The summed E-state index contributed by atoms with van der Waals surface area (Å²) in [4.78, 5) is 28.6. The zero-order valence-electron chi connectivity index (χ0n) is 17.8. The highest BCUT2D eigenvalue weighted by molar-refractivity contribution is 7.99. The van der Waals surface area contributed by atoms with E-state index in [1.807, 2.05) is 71.3 Å². The number of hydrogen-bond donors (Lipinski definition) is 1. The van der Waals surface area contributed by atoms with Crippen LogP contribution < -0.4 is 10.1 Å². The lowest BCUT2D eigenvalue weighted by Crippen LogP contribution is -2.33. The lowest BCUT2D eigenvalue weighted by molar-refractivity contribution is -0.128. The van der Waals surface area contributed by atoms with Gasteiger partial charge in [-0.25, -0.2) is 0 Å². The van der Waals surface area contributed by atoms with Gasteiger partial charge >= 0.3 is 0 Å². The number of pyridine rings is 1. The first-order valence-corrected chi connectivity index (χ1v) is 11.1. The molecule has 0 saturated heterocycles. The molecule has 8 nitrogen and oxygen atoms in total. The van der Waals surface area contributed by atoms with Crippen LogP contribution in [0.25, 0.3) is 17.1 Å². The topological polar surface area (TPSA) is 99.0 Å². The largest absolute Gasteiger partial charge is 0.497 e. The first-order chi connectivity index (χ1) is 16.1. The normalized spacial score (nSPS) is 10.6. The van der Waals surface area contributed by atoms with Gasteiger partial charge in [-0.2, -0.15) is 0 Å². The van der Waals surface area contributed by atoms with Crippen molar-refractivity contribution in [2.24, 2.45) is 0 Å². The summed E-state index contributed by atoms with van der Waals surface area (Å²) in [6, 6.07) is 20.4. The van der Waals surface area contributed by atoms with Crippen molar-refractivity contribution >= 4 is 23.6 Å². The van der Waals surface area contributed by atoms with Gasteiger partial charge in [-0.1, -0.05) is 42.1 Å². The molecule has 0 saturated carbocycles. The third kappa shape index (κ3) is 5.64. The fraction of sp³-hybridized carbons (Fsp3) is 0.125. The zero-order valence-corrected chi connectivity index (χ0v) is 18.7. The van der Waals surface area contributed by atoms with Crippen LogP contribution in [0.2, 0.25) is 0 Å². The summed E-state index contributed by atoms with van der Waals surface area (Å²) in [6.45, 7) is 0. The Hall–Kier alpha value is -3.98. The first-order valence-electron chi connectivity index (χ1n) is 10.1. The number of imide groups is 1. The molecule has 0 spiro atoms. The second kappa shape index (κ2) is 10.6. The van der Waals surface area contributed by atoms with Crippen molar-refractivity contribution in [3.05, 3.63) is 84.7 Å². The van der Waals surface area contributed by atoms with Gasteiger partial charge < -0.3 is 4.74 Å². The summed E-state index contributed by atoms with van der Waals surface area (Å²) >= 11 is 1.20. The van der Waals surface area contributed by atoms with Crippen LogP contribution in [0.1, 0.15) is 5.56 Å². The number of methoxy groups -OCH3 is 1. The van der Waals surface area contributed by atoms with E-state index in [2.05, 4.69) is 20.5 Å². The van der Waals surface area contributed by atoms with Crippen molar-refractivity contribution in [2.75, 3.05) is 12.9 Å². The molecule has 2 aromatic heterocycles. The number of carbonyl (C=O) groups is 2. The van der Waals surface area contributed by atoms with E-state index in [9.17, 15) is 9.59 Å². The molecule has 0 atom stereocenters.